The van der Waals surface area contributed by atoms with Gasteiger partial charge in [-0.25, -0.2) is 4.98 Å². The Morgan fingerprint density at radius 2 is 2.56 bits per heavy atom. The van der Waals surface area contributed by atoms with E-state index >= 15 is 0 Å². The van der Waals surface area contributed by atoms with E-state index in [2.05, 4.69) is 21.8 Å². The van der Waals surface area contributed by atoms with Crippen molar-refractivity contribution in [2.45, 2.75) is 32.4 Å². The lowest BCUT2D eigenvalue weighted by Crippen LogP contribution is -2.23. The van der Waals surface area contributed by atoms with Crippen molar-refractivity contribution in [3.8, 4) is 0 Å². The highest BCUT2D eigenvalue weighted by Crippen LogP contribution is 2.25. The van der Waals surface area contributed by atoms with E-state index in [0.29, 0.717) is 12.0 Å². The largest absolute Gasteiger partial charge is 0.381 e. The van der Waals surface area contributed by atoms with Gasteiger partial charge >= 0.3 is 0 Å². The smallest absolute Gasteiger partial charge is 0.125 e. The van der Waals surface area contributed by atoms with Gasteiger partial charge in [0.25, 0.3) is 0 Å². The Kier molecular flexibility index (Phi) is 3.96. The summed E-state index contributed by atoms with van der Waals surface area (Å²) in [5.41, 5.74) is 0. The predicted molar refractivity (Wildman–Crippen MR) is 63.2 cm³/mol. The average molecular weight is 223 g/mol. The molecule has 0 radical (unpaired) electrons. The minimum atomic E-state index is 0.349. The molecule has 0 bridgehead atoms. The Bertz CT molecular complexity index is 318. The van der Waals surface area contributed by atoms with E-state index in [1.807, 2.05) is 19.4 Å². The van der Waals surface area contributed by atoms with Crippen LogP contribution in [0.1, 0.15) is 31.6 Å². The van der Waals surface area contributed by atoms with Gasteiger partial charge in [0.05, 0.1) is 6.04 Å². The zero-order valence-corrected chi connectivity index (χ0v) is 10.1. The maximum absolute atomic E-state index is 5.42. The van der Waals surface area contributed by atoms with Crippen LogP contribution in [0.3, 0.4) is 0 Å². The molecule has 2 heterocycles. The standard InChI is InChI=1S/C12H21N3O/c1-3-15-6-5-14-12(15)11(13-2)8-10-4-7-16-9-10/h5-6,10-11,13H,3-4,7-9H2,1-2H3. The minimum Gasteiger partial charge on any atom is -0.381 e. The van der Waals surface area contributed by atoms with Crippen LogP contribution in [0.15, 0.2) is 12.4 Å². The molecule has 16 heavy (non-hydrogen) atoms. The molecule has 1 aliphatic rings. The third-order valence-corrected chi connectivity index (χ3v) is 3.34. The zero-order chi connectivity index (χ0) is 11.4. The topological polar surface area (TPSA) is 39.1 Å². The van der Waals surface area contributed by atoms with Gasteiger partial charge in [0.15, 0.2) is 0 Å². The fourth-order valence-corrected chi connectivity index (χ4v) is 2.35. The summed E-state index contributed by atoms with van der Waals surface area (Å²) in [6.45, 7) is 4.96. The fraction of sp³-hybridized carbons (Fsp3) is 0.750. The van der Waals surface area contributed by atoms with E-state index in [-0.39, 0.29) is 0 Å². The van der Waals surface area contributed by atoms with Crippen molar-refractivity contribution in [3.63, 3.8) is 0 Å². The van der Waals surface area contributed by atoms with Crippen molar-refractivity contribution in [3.05, 3.63) is 18.2 Å². The van der Waals surface area contributed by atoms with Crippen molar-refractivity contribution in [1.82, 2.24) is 14.9 Å². The van der Waals surface area contributed by atoms with Crippen LogP contribution in [0.4, 0.5) is 0 Å². The number of aromatic nitrogens is 2. The Balaban J connectivity index is 2.03. The molecule has 2 unspecified atom stereocenters. The Hall–Kier alpha value is -0.870. The number of nitrogens with one attached hydrogen (secondary N) is 1. The summed E-state index contributed by atoms with van der Waals surface area (Å²) in [4.78, 5) is 4.46. The minimum absolute atomic E-state index is 0.349. The molecule has 1 aromatic rings. The number of nitrogens with zero attached hydrogens (tertiary/aromatic N) is 2. The number of hydrogen-bond acceptors (Lipinski definition) is 3. The molecule has 90 valence electrons. The average Bonchev–Trinajstić information content (AvgIpc) is 2.96. The maximum atomic E-state index is 5.42. The molecule has 2 atom stereocenters. The van der Waals surface area contributed by atoms with E-state index in [9.17, 15) is 0 Å². The van der Waals surface area contributed by atoms with Gasteiger partial charge in [0.1, 0.15) is 5.82 Å². The summed E-state index contributed by atoms with van der Waals surface area (Å²) in [6, 6.07) is 0.349. The third-order valence-electron chi connectivity index (χ3n) is 3.34. The van der Waals surface area contributed by atoms with Gasteiger partial charge in [0, 0.05) is 32.2 Å². The molecule has 0 amide bonds. The van der Waals surface area contributed by atoms with Gasteiger partial charge in [-0.1, -0.05) is 0 Å². The Morgan fingerprint density at radius 3 is 3.19 bits per heavy atom. The van der Waals surface area contributed by atoms with Gasteiger partial charge in [0.2, 0.25) is 0 Å². The second-order valence-corrected chi connectivity index (χ2v) is 4.38. The second-order valence-electron chi connectivity index (χ2n) is 4.38. The van der Waals surface area contributed by atoms with Crippen LogP contribution in [-0.2, 0) is 11.3 Å². The molecule has 2 rings (SSSR count). The van der Waals surface area contributed by atoms with Gasteiger partial charge in [-0.05, 0) is 32.7 Å². The first kappa shape index (κ1) is 11.6. The van der Waals surface area contributed by atoms with Crippen LogP contribution < -0.4 is 5.32 Å². The lowest BCUT2D eigenvalue weighted by molar-refractivity contribution is 0.181. The molecule has 1 saturated heterocycles. The molecule has 4 heteroatoms. The number of rotatable bonds is 5. The monoisotopic (exact) mass is 223 g/mol. The molecular formula is C12H21N3O. The van der Waals surface area contributed by atoms with Crippen molar-refractivity contribution >= 4 is 0 Å². The molecule has 1 N–H and O–H groups in total. The normalized spacial score (nSPS) is 22.5. The molecule has 4 nitrogen and oxygen atoms in total. The van der Waals surface area contributed by atoms with Gasteiger partial charge < -0.3 is 14.6 Å². The van der Waals surface area contributed by atoms with Crippen LogP contribution >= 0.6 is 0 Å². The molecule has 1 fully saturated rings. The van der Waals surface area contributed by atoms with E-state index in [1.54, 1.807) is 0 Å². The van der Waals surface area contributed by atoms with E-state index in [4.69, 9.17) is 4.74 Å². The van der Waals surface area contributed by atoms with Gasteiger partial charge in [-0.3, -0.25) is 0 Å². The number of hydrogen-bond donors (Lipinski definition) is 1. The summed E-state index contributed by atoms with van der Waals surface area (Å²) in [5.74, 6) is 1.83. The fourth-order valence-electron chi connectivity index (χ4n) is 2.35. The molecule has 0 aliphatic carbocycles. The van der Waals surface area contributed by atoms with E-state index < -0.39 is 0 Å². The van der Waals surface area contributed by atoms with Gasteiger partial charge in [-0.2, -0.15) is 0 Å². The molecule has 1 aromatic heterocycles. The highest BCUT2D eigenvalue weighted by atomic mass is 16.5. The van der Waals surface area contributed by atoms with Crippen LogP contribution in [0.2, 0.25) is 0 Å². The van der Waals surface area contributed by atoms with Crippen molar-refractivity contribution in [2.24, 2.45) is 5.92 Å². The van der Waals surface area contributed by atoms with Crippen LogP contribution in [0.25, 0.3) is 0 Å². The highest BCUT2D eigenvalue weighted by Gasteiger charge is 2.23. The number of aryl methyl sites for hydroxylation is 1. The first-order valence-corrected chi connectivity index (χ1v) is 6.11. The first-order chi connectivity index (χ1) is 7.85. The van der Waals surface area contributed by atoms with E-state index in [1.165, 1.54) is 6.42 Å². The molecule has 0 saturated carbocycles. The summed E-state index contributed by atoms with van der Waals surface area (Å²) in [5, 5.41) is 3.37. The summed E-state index contributed by atoms with van der Waals surface area (Å²) in [7, 11) is 2.01. The second kappa shape index (κ2) is 5.46. The first-order valence-electron chi connectivity index (χ1n) is 6.11. The third kappa shape index (κ3) is 2.44. The zero-order valence-electron chi connectivity index (χ0n) is 10.1. The lowest BCUT2D eigenvalue weighted by atomic mass is 9.99. The molecule has 0 spiro atoms. The summed E-state index contributed by atoms with van der Waals surface area (Å²) < 4.78 is 7.63. The quantitative estimate of drug-likeness (QED) is 0.824. The maximum Gasteiger partial charge on any atom is 0.125 e. The SMILES string of the molecule is CCn1ccnc1C(CC1CCOC1)NC. The van der Waals surface area contributed by atoms with Gasteiger partial charge in [-0.15, -0.1) is 0 Å². The summed E-state index contributed by atoms with van der Waals surface area (Å²) >= 11 is 0. The van der Waals surface area contributed by atoms with Crippen LogP contribution in [0.5, 0.6) is 0 Å². The van der Waals surface area contributed by atoms with Crippen molar-refractivity contribution in [2.75, 3.05) is 20.3 Å². The van der Waals surface area contributed by atoms with Crippen LogP contribution in [-0.4, -0.2) is 29.8 Å². The molecule has 1 aliphatic heterocycles. The Labute approximate surface area is 97.0 Å². The van der Waals surface area contributed by atoms with Crippen molar-refractivity contribution in [1.29, 1.82) is 0 Å². The van der Waals surface area contributed by atoms with Crippen LogP contribution in [0, 0.1) is 5.92 Å². The summed E-state index contributed by atoms with van der Waals surface area (Å²) in [6.07, 6.45) is 6.23. The molecule has 0 aromatic carbocycles. The Morgan fingerprint density at radius 1 is 1.69 bits per heavy atom. The molecular weight excluding hydrogens is 202 g/mol. The number of imidazole rings is 1. The van der Waals surface area contributed by atoms with E-state index in [0.717, 1.165) is 32.0 Å². The highest BCUT2D eigenvalue weighted by molar-refractivity contribution is 5.00. The van der Waals surface area contributed by atoms with Crippen molar-refractivity contribution < 1.29 is 4.74 Å². The predicted octanol–water partition coefficient (Wildman–Crippen LogP) is 1.59. The lowest BCUT2D eigenvalue weighted by Gasteiger charge is -2.19. The number of ether oxygens (including phenoxy) is 1.